The Kier molecular flexibility index (Phi) is 3.19. The molecule has 5 heteroatoms. The first-order valence-electron chi connectivity index (χ1n) is 5.67. The molecule has 0 bridgehead atoms. The van der Waals surface area contributed by atoms with Crippen LogP contribution in [0.1, 0.15) is 32.1 Å². The van der Waals surface area contributed by atoms with E-state index in [0.717, 1.165) is 6.42 Å². The quantitative estimate of drug-likeness (QED) is 0.836. The minimum Gasteiger partial charge on any atom is -0.321 e. The molecule has 2 rings (SSSR count). The van der Waals surface area contributed by atoms with Crippen LogP contribution in [-0.4, -0.2) is 15.0 Å². The van der Waals surface area contributed by atoms with Gasteiger partial charge >= 0.3 is 0 Å². The maximum atomic E-state index is 11.8. The molecular weight excluding hydrogens is 216 g/mol. The molecule has 0 amide bonds. The lowest BCUT2D eigenvalue weighted by atomic mass is 10.0. The van der Waals surface area contributed by atoms with Crippen molar-refractivity contribution in [1.82, 2.24) is 15.0 Å². The predicted octanol–water partition coefficient (Wildman–Crippen LogP) is 1.36. The van der Waals surface area contributed by atoms with E-state index in [2.05, 4.69) is 28.8 Å². The van der Waals surface area contributed by atoms with Gasteiger partial charge in [-0.25, -0.2) is 4.98 Å². The van der Waals surface area contributed by atoms with Crippen LogP contribution < -0.4 is 11.3 Å². The highest BCUT2D eigenvalue weighted by atomic mass is 16.1. The molecule has 90 valence electrons. The molecule has 17 heavy (non-hydrogen) atoms. The normalized spacial score (nSPS) is 13.2. The second-order valence-electron chi connectivity index (χ2n) is 4.58. The molecule has 1 atom stereocenters. The molecule has 0 aromatic carbocycles. The number of H-pyrrole nitrogens is 1. The van der Waals surface area contributed by atoms with Crippen molar-refractivity contribution in [1.29, 1.82) is 0 Å². The second-order valence-corrected chi connectivity index (χ2v) is 4.58. The van der Waals surface area contributed by atoms with E-state index in [-0.39, 0.29) is 11.6 Å². The van der Waals surface area contributed by atoms with Crippen LogP contribution >= 0.6 is 0 Å². The maximum Gasteiger partial charge on any atom is 0.258 e. The summed E-state index contributed by atoms with van der Waals surface area (Å²) >= 11 is 0. The van der Waals surface area contributed by atoms with Gasteiger partial charge in [-0.3, -0.25) is 9.78 Å². The Morgan fingerprint density at radius 2 is 2.24 bits per heavy atom. The third kappa shape index (κ3) is 2.50. The van der Waals surface area contributed by atoms with E-state index in [9.17, 15) is 4.79 Å². The molecule has 0 saturated carbocycles. The number of rotatable bonds is 3. The van der Waals surface area contributed by atoms with E-state index < -0.39 is 0 Å². The highest BCUT2D eigenvalue weighted by Crippen LogP contribution is 2.15. The van der Waals surface area contributed by atoms with Crippen LogP contribution in [0.25, 0.3) is 10.9 Å². The number of pyridine rings is 1. The molecule has 0 aliphatic rings. The van der Waals surface area contributed by atoms with Gasteiger partial charge in [-0.1, -0.05) is 13.8 Å². The van der Waals surface area contributed by atoms with Gasteiger partial charge in [0.25, 0.3) is 5.56 Å². The summed E-state index contributed by atoms with van der Waals surface area (Å²) in [4.78, 5) is 22.9. The van der Waals surface area contributed by atoms with Gasteiger partial charge in [0, 0.05) is 6.20 Å². The van der Waals surface area contributed by atoms with Crippen LogP contribution in [0, 0.1) is 5.92 Å². The topological polar surface area (TPSA) is 84.7 Å². The summed E-state index contributed by atoms with van der Waals surface area (Å²) in [7, 11) is 0. The Hall–Kier alpha value is -1.75. The van der Waals surface area contributed by atoms with Gasteiger partial charge in [0.15, 0.2) is 0 Å². The average Bonchev–Trinajstić information content (AvgIpc) is 2.28. The summed E-state index contributed by atoms with van der Waals surface area (Å²) in [6.45, 7) is 4.17. The molecule has 2 heterocycles. The number of fused-ring (bicyclic) bond motifs is 1. The second kappa shape index (κ2) is 4.63. The van der Waals surface area contributed by atoms with Crippen LogP contribution in [-0.2, 0) is 0 Å². The summed E-state index contributed by atoms with van der Waals surface area (Å²) in [5.74, 6) is 0.990. The fourth-order valence-electron chi connectivity index (χ4n) is 1.80. The monoisotopic (exact) mass is 232 g/mol. The number of nitrogens with two attached hydrogens (primary N) is 1. The summed E-state index contributed by atoms with van der Waals surface area (Å²) in [5.41, 5.74) is 6.43. The van der Waals surface area contributed by atoms with E-state index >= 15 is 0 Å². The number of hydrogen-bond acceptors (Lipinski definition) is 4. The third-order valence-corrected chi connectivity index (χ3v) is 2.60. The first kappa shape index (κ1) is 11.7. The lowest BCUT2D eigenvalue weighted by Crippen LogP contribution is -2.21. The molecule has 0 unspecified atom stereocenters. The Morgan fingerprint density at radius 1 is 1.47 bits per heavy atom. The van der Waals surface area contributed by atoms with Gasteiger partial charge in [0.2, 0.25) is 0 Å². The number of nitrogens with one attached hydrogen (secondary N) is 1. The zero-order chi connectivity index (χ0) is 12.4. The highest BCUT2D eigenvalue weighted by Gasteiger charge is 2.12. The van der Waals surface area contributed by atoms with Gasteiger partial charge in [-0.15, -0.1) is 0 Å². The van der Waals surface area contributed by atoms with Crippen molar-refractivity contribution in [2.24, 2.45) is 11.7 Å². The first-order valence-corrected chi connectivity index (χ1v) is 5.67. The smallest absolute Gasteiger partial charge is 0.258 e. The molecule has 2 aromatic rings. The molecule has 0 aliphatic carbocycles. The minimum atomic E-state index is -0.243. The predicted molar refractivity (Wildman–Crippen MR) is 66.5 cm³/mol. The van der Waals surface area contributed by atoms with E-state index in [1.807, 2.05) is 0 Å². The van der Waals surface area contributed by atoms with Crippen molar-refractivity contribution in [3.8, 4) is 0 Å². The summed E-state index contributed by atoms with van der Waals surface area (Å²) in [6.07, 6.45) is 3.94. The van der Waals surface area contributed by atoms with Gasteiger partial charge < -0.3 is 10.7 Å². The Bertz CT molecular complexity index is 576. The van der Waals surface area contributed by atoms with E-state index in [1.54, 1.807) is 18.5 Å². The zero-order valence-corrected chi connectivity index (χ0v) is 9.97. The molecule has 0 saturated heterocycles. The lowest BCUT2D eigenvalue weighted by Gasteiger charge is -2.13. The fraction of sp³-hybridized carbons (Fsp3) is 0.417. The molecule has 0 radical (unpaired) electrons. The van der Waals surface area contributed by atoms with Crippen molar-refractivity contribution >= 4 is 10.9 Å². The van der Waals surface area contributed by atoms with E-state index in [4.69, 9.17) is 5.73 Å². The fourth-order valence-corrected chi connectivity index (χ4v) is 1.80. The highest BCUT2D eigenvalue weighted by molar-refractivity contribution is 5.75. The average molecular weight is 232 g/mol. The van der Waals surface area contributed by atoms with Crippen molar-refractivity contribution in [3.63, 3.8) is 0 Å². The van der Waals surface area contributed by atoms with Gasteiger partial charge in [0.05, 0.1) is 23.1 Å². The molecule has 0 fully saturated rings. The molecule has 2 aromatic heterocycles. The molecule has 3 N–H and O–H groups in total. The maximum absolute atomic E-state index is 11.8. The van der Waals surface area contributed by atoms with Gasteiger partial charge in [-0.05, 0) is 18.4 Å². The van der Waals surface area contributed by atoms with E-state index in [1.165, 1.54) is 0 Å². The first-order chi connectivity index (χ1) is 8.08. The number of aromatic nitrogens is 3. The largest absolute Gasteiger partial charge is 0.321 e. The van der Waals surface area contributed by atoms with Crippen LogP contribution in [0.15, 0.2) is 23.3 Å². The van der Waals surface area contributed by atoms with Crippen molar-refractivity contribution in [3.05, 3.63) is 34.6 Å². The van der Waals surface area contributed by atoms with Crippen molar-refractivity contribution < 1.29 is 0 Å². The molecule has 5 nitrogen and oxygen atoms in total. The van der Waals surface area contributed by atoms with E-state index in [0.29, 0.717) is 22.6 Å². The molecular formula is C12H16N4O. The van der Waals surface area contributed by atoms with Crippen LogP contribution in [0.5, 0.6) is 0 Å². The van der Waals surface area contributed by atoms with Crippen LogP contribution in [0.2, 0.25) is 0 Å². The summed E-state index contributed by atoms with van der Waals surface area (Å²) in [5, 5.41) is 0.542. The Morgan fingerprint density at radius 3 is 2.94 bits per heavy atom. The lowest BCUT2D eigenvalue weighted by molar-refractivity contribution is 0.493. The van der Waals surface area contributed by atoms with Crippen LogP contribution in [0.3, 0.4) is 0 Å². The number of nitrogens with zero attached hydrogens (tertiary/aromatic N) is 2. The van der Waals surface area contributed by atoms with Gasteiger partial charge in [0.1, 0.15) is 5.82 Å². The zero-order valence-electron chi connectivity index (χ0n) is 9.97. The Balaban J connectivity index is 2.46. The van der Waals surface area contributed by atoms with Crippen molar-refractivity contribution in [2.75, 3.05) is 0 Å². The van der Waals surface area contributed by atoms with Crippen LogP contribution in [0.4, 0.5) is 0 Å². The number of aromatic amines is 1. The van der Waals surface area contributed by atoms with Gasteiger partial charge in [-0.2, -0.15) is 0 Å². The summed E-state index contributed by atoms with van der Waals surface area (Å²) < 4.78 is 0. The molecule has 0 aliphatic heterocycles. The number of hydrogen-bond donors (Lipinski definition) is 2. The third-order valence-electron chi connectivity index (χ3n) is 2.60. The standard InChI is InChI=1S/C12H16N4O/c1-7(2)5-9(13)11-15-10-6-14-4-3-8(10)12(17)16-11/h3-4,6-7,9H,5,13H2,1-2H3,(H,15,16,17)/t9-/m1/s1. The SMILES string of the molecule is CC(C)C[C@@H](N)c1nc2cnccc2c(=O)[nH]1. The Labute approximate surface area is 99.1 Å². The van der Waals surface area contributed by atoms with Crippen molar-refractivity contribution in [2.45, 2.75) is 26.3 Å². The molecule has 0 spiro atoms. The minimum absolute atomic E-state index is 0.161. The summed E-state index contributed by atoms with van der Waals surface area (Å²) in [6, 6.07) is 1.41.